The number of nitrogen functional groups attached to an aromatic ring is 1. The molecule has 0 saturated heterocycles. The molecule has 0 aliphatic heterocycles. The van der Waals surface area contributed by atoms with E-state index in [9.17, 15) is 0 Å². The van der Waals surface area contributed by atoms with Crippen LogP contribution >= 0.6 is 27.3 Å². The highest BCUT2D eigenvalue weighted by Gasteiger charge is 2.21. The summed E-state index contributed by atoms with van der Waals surface area (Å²) in [4.78, 5) is 5.65. The summed E-state index contributed by atoms with van der Waals surface area (Å²) in [6.45, 7) is 5.26. The van der Waals surface area contributed by atoms with E-state index in [4.69, 9.17) is 5.73 Å². The fraction of sp³-hybridized carbons (Fsp3) is 0.308. The summed E-state index contributed by atoms with van der Waals surface area (Å²) >= 11 is 5.24. The normalized spacial score (nSPS) is 11.5. The molecule has 2 rings (SSSR count). The van der Waals surface area contributed by atoms with Gasteiger partial charge in [0.25, 0.3) is 0 Å². The van der Waals surface area contributed by atoms with Crippen molar-refractivity contribution >= 4 is 38.8 Å². The maximum atomic E-state index is 5.67. The molecular formula is C13H16BrN3S. The Balaban J connectivity index is 2.07. The number of hydrogen-bond donors (Lipinski definition) is 2. The topological polar surface area (TPSA) is 50.9 Å². The number of rotatable bonds is 4. The third kappa shape index (κ3) is 3.03. The van der Waals surface area contributed by atoms with E-state index in [0.717, 1.165) is 16.8 Å². The third-order valence-electron chi connectivity index (χ3n) is 2.75. The van der Waals surface area contributed by atoms with E-state index in [2.05, 4.69) is 57.6 Å². The van der Waals surface area contributed by atoms with Crippen LogP contribution in [0.4, 0.5) is 11.5 Å². The molecular weight excluding hydrogens is 310 g/mol. The summed E-state index contributed by atoms with van der Waals surface area (Å²) in [5.41, 5.74) is 6.41. The van der Waals surface area contributed by atoms with Gasteiger partial charge in [0.05, 0.1) is 16.4 Å². The Morgan fingerprint density at radius 3 is 2.89 bits per heavy atom. The van der Waals surface area contributed by atoms with Gasteiger partial charge in [-0.05, 0) is 33.4 Å². The Labute approximate surface area is 120 Å². The van der Waals surface area contributed by atoms with Gasteiger partial charge in [-0.1, -0.05) is 19.9 Å². The lowest BCUT2D eigenvalue weighted by atomic mass is 9.91. The minimum Gasteiger partial charge on any atom is -0.397 e. The number of pyridine rings is 1. The highest BCUT2D eigenvalue weighted by molar-refractivity contribution is 9.10. The second-order valence-corrected chi connectivity index (χ2v) is 6.62. The van der Waals surface area contributed by atoms with Crippen LogP contribution in [0.5, 0.6) is 0 Å². The molecule has 0 radical (unpaired) electrons. The van der Waals surface area contributed by atoms with Gasteiger partial charge in [0, 0.05) is 16.8 Å². The summed E-state index contributed by atoms with van der Waals surface area (Å²) in [7, 11) is 0. The maximum Gasteiger partial charge on any atom is 0.140 e. The average Bonchev–Trinajstić information content (AvgIpc) is 2.82. The summed E-state index contributed by atoms with van der Waals surface area (Å²) in [5, 5.41) is 5.47. The van der Waals surface area contributed by atoms with Crippen LogP contribution in [0.2, 0.25) is 0 Å². The Morgan fingerprint density at radius 2 is 2.28 bits per heavy atom. The molecule has 0 spiro atoms. The van der Waals surface area contributed by atoms with Gasteiger partial charge in [0.15, 0.2) is 0 Å². The standard InChI is InChI=1S/C13H16BrN3S/c1-13(2,11-4-3-5-18-11)8-17-12-10(14)6-9(15)7-16-12/h3-7H,8,15H2,1-2H3,(H,16,17). The smallest absolute Gasteiger partial charge is 0.140 e. The summed E-state index contributed by atoms with van der Waals surface area (Å²) in [5.74, 6) is 0.828. The molecule has 0 aliphatic rings. The number of anilines is 2. The van der Waals surface area contributed by atoms with Gasteiger partial charge in [-0.3, -0.25) is 0 Å². The lowest BCUT2D eigenvalue weighted by Gasteiger charge is -2.24. The van der Waals surface area contributed by atoms with E-state index in [1.165, 1.54) is 4.88 Å². The summed E-state index contributed by atoms with van der Waals surface area (Å²) in [6.07, 6.45) is 1.66. The van der Waals surface area contributed by atoms with Crippen molar-refractivity contribution in [3.05, 3.63) is 39.1 Å². The monoisotopic (exact) mass is 325 g/mol. The minimum absolute atomic E-state index is 0.0800. The summed E-state index contributed by atoms with van der Waals surface area (Å²) in [6, 6.07) is 6.10. The SMILES string of the molecule is CC(C)(CNc1ncc(N)cc1Br)c1cccs1. The molecule has 0 unspecified atom stereocenters. The molecule has 0 bridgehead atoms. The zero-order chi connectivity index (χ0) is 13.2. The van der Waals surface area contributed by atoms with Crippen LogP contribution in [0.3, 0.4) is 0 Å². The number of nitrogens with two attached hydrogens (primary N) is 1. The van der Waals surface area contributed by atoms with Crippen LogP contribution in [-0.2, 0) is 5.41 Å². The average molecular weight is 326 g/mol. The van der Waals surface area contributed by atoms with E-state index in [1.807, 2.05) is 6.07 Å². The van der Waals surface area contributed by atoms with Crippen molar-refractivity contribution in [2.45, 2.75) is 19.3 Å². The van der Waals surface area contributed by atoms with Gasteiger partial charge in [-0.15, -0.1) is 11.3 Å². The van der Waals surface area contributed by atoms with Crippen LogP contribution in [0.25, 0.3) is 0 Å². The Bertz CT molecular complexity index is 523. The van der Waals surface area contributed by atoms with Gasteiger partial charge in [0.1, 0.15) is 5.82 Å². The predicted octanol–water partition coefficient (Wildman–Crippen LogP) is 3.88. The van der Waals surface area contributed by atoms with E-state index >= 15 is 0 Å². The van der Waals surface area contributed by atoms with Gasteiger partial charge >= 0.3 is 0 Å². The van der Waals surface area contributed by atoms with E-state index in [1.54, 1.807) is 17.5 Å². The molecule has 0 aromatic carbocycles. The van der Waals surface area contributed by atoms with Crippen LogP contribution in [0, 0.1) is 0 Å². The number of nitrogens with one attached hydrogen (secondary N) is 1. The quantitative estimate of drug-likeness (QED) is 0.896. The number of hydrogen-bond acceptors (Lipinski definition) is 4. The van der Waals surface area contributed by atoms with Crippen molar-refractivity contribution in [1.82, 2.24) is 4.98 Å². The zero-order valence-electron chi connectivity index (χ0n) is 10.4. The molecule has 2 aromatic rings. The van der Waals surface area contributed by atoms with Crippen LogP contribution in [0.15, 0.2) is 34.2 Å². The highest BCUT2D eigenvalue weighted by Crippen LogP contribution is 2.29. The Morgan fingerprint density at radius 1 is 1.50 bits per heavy atom. The predicted molar refractivity (Wildman–Crippen MR) is 82.2 cm³/mol. The van der Waals surface area contributed by atoms with E-state index in [-0.39, 0.29) is 5.41 Å². The number of thiophene rings is 1. The van der Waals surface area contributed by atoms with Crippen molar-refractivity contribution in [2.24, 2.45) is 0 Å². The molecule has 96 valence electrons. The van der Waals surface area contributed by atoms with Crippen molar-refractivity contribution in [2.75, 3.05) is 17.6 Å². The first-order valence-electron chi connectivity index (χ1n) is 5.68. The molecule has 2 heterocycles. The number of aromatic nitrogens is 1. The van der Waals surface area contributed by atoms with Crippen LogP contribution in [-0.4, -0.2) is 11.5 Å². The first-order valence-corrected chi connectivity index (χ1v) is 7.35. The molecule has 0 atom stereocenters. The maximum absolute atomic E-state index is 5.67. The Kier molecular flexibility index (Phi) is 3.92. The molecule has 0 fully saturated rings. The lowest BCUT2D eigenvalue weighted by Crippen LogP contribution is -2.27. The molecule has 2 aromatic heterocycles. The van der Waals surface area contributed by atoms with Gasteiger partial charge < -0.3 is 11.1 Å². The number of halogens is 1. The molecule has 0 saturated carbocycles. The fourth-order valence-corrected chi connectivity index (χ4v) is 3.00. The fourth-order valence-electron chi connectivity index (χ4n) is 1.64. The molecule has 0 amide bonds. The highest BCUT2D eigenvalue weighted by atomic mass is 79.9. The van der Waals surface area contributed by atoms with Gasteiger partial charge in [-0.2, -0.15) is 0 Å². The summed E-state index contributed by atoms with van der Waals surface area (Å²) < 4.78 is 0.893. The second kappa shape index (κ2) is 5.28. The molecule has 0 aliphatic carbocycles. The first kappa shape index (κ1) is 13.4. The molecule has 3 N–H and O–H groups in total. The van der Waals surface area contributed by atoms with Crippen molar-refractivity contribution in [3.8, 4) is 0 Å². The minimum atomic E-state index is 0.0800. The van der Waals surface area contributed by atoms with Crippen LogP contribution in [0.1, 0.15) is 18.7 Å². The van der Waals surface area contributed by atoms with Crippen LogP contribution < -0.4 is 11.1 Å². The van der Waals surface area contributed by atoms with Crippen molar-refractivity contribution in [3.63, 3.8) is 0 Å². The van der Waals surface area contributed by atoms with Gasteiger partial charge in [-0.25, -0.2) is 4.98 Å². The van der Waals surface area contributed by atoms with Crippen molar-refractivity contribution in [1.29, 1.82) is 0 Å². The largest absolute Gasteiger partial charge is 0.397 e. The van der Waals surface area contributed by atoms with E-state index in [0.29, 0.717) is 5.69 Å². The van der Waals surface area contributed by atoms with E-state index < -0.39 is 0 Å². The first-order chi connectivity index (χ1) is 8.49. The van der Waals surface area contributed by atoms with Crippen molar-refractivity contribution < 1.29 is 0 Å². The second-order valence-electron chi connectivity index (χ2n) is 4.81. The molecule has 3 nitrogen and oxygen atoms in total. The Hall–Kier alpha value is -1.07. The molecule has 18 heavy (non-hydrogen) atoms. The molecule has 5 heteroatoms. The van der Waals surface area contributed by atoms with Gasteiger partial charge in [0.2, 0.25) is 0 Å². The number of nitrogens with zero attached hydrogens (tertiary/aromatic N) is 1. The lowest BCUT2D eigenvalue weighted by molar-refractivity contribution is 0.568. The third-order valence-corrected chi connectivity index (χ3v) is 4.59. The zero-order valence-corrected chi connectivity index (χ0v) is 12.8.